The molecule has 0 bridgehead atoms. The van der Waals surface area contributed by atoms with Gasteiger partial charge in [0.1, 0.15) is 0 Å². The molecule has 174 valence electrons. The third kappa shape index (κ3) is 5.28. The number of hydrogen-bond donors (Lipinski definition) is 2. The lowest BCUT2D eigenvalue weighted by molar-refractivity contribution is 0.104. The highest BCUT2D eigenvalue weighted by Gasteiger charge is 2.30. The maximum atomic E-state index is 13.0. The Morgan fingerprint density at radius 2 is 1.03 bits per heavy atom. The van der Waals surface area contributed by atoms with Crippen molar-refractivity contribution in [2.45, 2.75) is 50.3 Å². The van der Waals surface area contributed by atoms with Crippen LogP contribution in [0.1, 0.15) is 56.5 Å². The van der Waals surface area contributed by atoms with Crippen LogP contribution in [0.2, 0.25) is 0 Å². The topological polar surface area (TPSA) is 109 Å². The zero-order valence-electron chi connectivity index (χ0n) is 18.8. The van der Waals surface area contributed by atoms with Gasteiger partial charge in [-0.05, 0) is 60.1 Å². The highest BCUT2D eigenvalue weighted by atomic mass is 32.2. The molecule has 7 nitrogen and oxygen atoms in total. The largest absolute Gasteiger partial charge is 0.289 e. The summed E-state index contributed by atoms with van der Waals surface area (Å²) in [7, 11) is -7.49. The molecular weight excluding hydrogens is 448 g/mol. The Hall–Kier alpha value is -2.07. The molecule has 0 heterocycles. The maximum Gasteiger partial charge on any atom is 0.240 e. The van der Waals surface area contributed by atoms with Gasteiger partial charge in [0.25, 0.3) is 0 Å². The molecule has 1 aliphatic rings. The van der Waals surface area contributed by atoms with Crippen molar-refractivity contribution in [3.8, 4) is 11.1 Å². The molecule has 3 rings (SSSR count). The molecule has 0 saturated carbocycles. The van der Waals surface area contributed by atoms with E-state index in [1.807, 2.05) is 27.7 Å². The number of sulfonamides is 2. The van der Waals surface area contributed by atoms with Gasteiger partial charge in [0.05, 0.1) is 9.79 Å². The SMILES string of the molecule is CC(C)CCNS(=O)(=O)c1ccc2c(c1)C(=O)c1cc(S(=O)(=O)NCCC(C)C)ccc1-2. The molecular formula is C23H30N2O5S2. The molecule has 0 amide bonds. The molecule has 0 aromatic heterocycles. The second kappa shape index (κ2) is 9.43. The summed E-state index contributed by atoms with van der Waals surface area (Å²) in [6, 6.07) is 8.87. The Bertz CT molecular complexity index is 1140. The monoisotopic (exact) mass is 478 g/mol. The van der Waals surface area contributed by atoms with Crippen molar-refractivity contribution in [2.75, 3.05) is 13.1 Å². The lowest BCUT2D eigenvalue weighted by Gasteiger charge is -2.10. The zero-order chi connectivity index (χ0) is 23.7. The second-order valence-electron chi connectivity index (χ2n) is 8.90. The van der Waals surface area contributed by atoms with Crippen molar-refractivity contribution >= 4 is 25.8 Å². The van der Waals surface area contributed by atoms with E-state index >= 15 is 0 Å². The summed E-state index contributed by atoms with van der Waals surface area (Å²) in [5, 5.41) is 0. The van der Waals surface area contributed by atoms with Gasteiger partial charge >= 0.3 is 0 Å². The molecule has 0 unspecified atom stereocenters. The molecule has 0 aliphatic heterocycles. The van der Waals surface area contributed by atoms with Crippen molar-refractivity contribution in [2.24, 2.45) is 11.8 Å². The van der Waals surface area contributed by atoms with E-state index < -0.39 is 20.0 Å². The Morgan fingerprint density at radius 3 is 1.38 bits per heavy atom. The van der Waals surface area contributed by atoms with Crippen molar-refractivity contribution in [1.82, 2.24) is 9.44 Å². The van der Waals surface area contributed by atoms with Gasteiger partial charge in [0, 0.05) is 24.2 Å². The van der Waals surface area contributed by atoms with Gasteiger partial charge in [-0.15, -0.1) is 0 Å². The maximum absolute atomic E-state index is 13.0. The van der Waals surface area contributed by atoms with E-state index in [2.05, 4.69) is 9.44 Å². The molecule has 2 N–H and O–H groups in total. The number of ketones is 1. The molecule has 1 aliphatic carbocycles. The normalized spacial score (nSPS) is 13.6. The standard InChI is InChI=1S/C23H30N2O5S2/c1-15(2)9-11-24-31(27,28)17-5-7-19-20-8-6-18(14-22(20)23(26)21(19)13-17)32(29,30)25-12-10-16(3)4/h5-8,13-16,24-25H,9-12H2,1-4H3. The van der Waals surface area contributed by atoms with Crippen LogP contribution in [0.5, 0.6) is 0 Å². The first-order valence-corrected chi connectivity index (χ1v) is 13.7. The van der Waals surface area contributed by atoms with E-state index in [1.54, 1.807) is 12.1 Å². The molecule has 0 radical (unpaired) electrons. The average molecular weight is 479 g/mol. The Morgan fingerprint density at radius 1 is 0.656 bits per heavy atom. The van der Waals surface area contributed by atoms with Crippen LogP contribution in [-0.4, -0.2) is 35.7 Å². The van der Waals surface area contributed by atoms with E-state index in [0.717, 1.165) is 0 Å². The average Bonchev–Trinajstić information content (AvgIpc) is 2.98. The van der Waals surface area contributed by atoms with Crippen LogP contribution in [0, 0.1) is 11.8 Å². The summed E-state index contributed by atoms with van der Waals surface area (Å²) in [6.07, 6.45) is 1.41. The lowest BCUT2D eigenvalue weighted by atomic mass is 10.1. The quantitative estimate of drug-likeness (QED) is 0.463. The van der Waals surface area contributed by atoms with Crippen molar-refractivity contribution in [1.29, 1.82) is 0 Å². The molecule has 32 heavy (non-hydrogen) atoms. The number of fused-ring (bicyclic) bond motifs is 3. The predicted octanol–water partition coefficient (Wildman–Crippen LogP) is 3.55. The minimum absolute atomic E-state index is 0.0179. The number of nitrogens with one attached hydrogen (secondary N) is 2. The number of benzene rings is 2. The van der Waals surface area contributed by atoms with Gasteiger partial charge < -0.3 is 0 Å². The fourth-order valence-corrected chi connectivity index (χ4v) is 5.65. The molecule has 0 saturated heterocycles. The van der Waals surface area contributed by atoms with Gasteiger partial charge in [-0.1, -0.05) is 39.8 Å². The van der Waals surface area contributed by atoms with E-state index in [-0.39, 0.29) is 26.7 Å². The van der Waals surface area contributed by atoms with Gasteiger partial charge in [-0.25, -0.2) is 26.3 Å². The minimum Gasteiger partial charge on any atom is -0.289 e. The Labute approximate surface area is 190 Å². The summed E-state index contributed by atoms with van der Waals surface area (Å²) >= 11 is 0. The van der Waals surface area contributed by atoms with Crippen molar-refractivity contribution in [3.63, 3.8) is 0 Å². The molecule has 2 aromatic carbocycles. The summed E-state index contributed by atoms with van der Waals surface area (Å²) < 4.78 is 55.6. The first-order valence-electron chi connectivity index (χ1n) is 10.7. The first kappa shape index (κ1) is 24.6. The molecule has 0 atom stereocenters. The van der Waals surface area contributed by atoms with Crippen LogP contribution < -0.4 is 9.44 Å². The second-order valence-corrected chi connectivity index (χ2v) is 12.4. The molecule has 2 aromatic rings. The van der Waals surface area contributed by atoms with Crippen LogP contribution in [0.25, 0.3) is 11.1 Å². The number of hydrogen-bond acceptors (Lipinski definition) is 5. The lowest BCUT2D eigenvalue weighted by Crippen LogP contribution is -2.25. The van der Waals surface area contributed by atoms with Gasteiger partial charge in [0.15, 0.2) is 5.78 Å². The first-order chi connectivity index (χ1) is 14.9. The summed E-state index contributed by atoms with van der Waals surface area (Å²) in [4.78, 5) is 13.1. The Balaban J connectivity index is 1.87. The third-order valence-corrected chi connectivity index (χ3v) is 8.33. The van der Waals surface area contributed by atoms with E-state index in [1.165, 1.54) is 24.3 Å². The van der Waals surface area contributed by atoms with Crippen LogP contribution >= 0.6 is 0 Å². The third-order valence-electron chi connectivity index (χ3n) is 5.41. The van der Waals surface area contributed by atoms with Crippen LogP contribution in [0.3, 0.4) is 0 Å². The van der Waals surface area contributed by atoms with Gasteiger partial charge in [0.2, 0.25) is 20.0 Å². The minimum atomic E-state index is -3.75. The van der Waals surface area contributed by atoms with Crippen LogP contribution in [0.15, 0.2) is 46.2 Å². The molecule has 9 heteroatoms. The van der Waals surface area contributed by atoms with Crippen molar-refractivity contribution < 1.29 is 21.6 Å². The van der Waals surface area contributed by atoms with Gasteiger partial charge in [-0.3, -0.25) is 4.79 Å². The highest BCUT2D eigenvalue weighted by molar-refractivity contribution is 7.89. The smallest absolute Gasteiger partial charge is 0.240 e. The predicted molar refractivity (Wildman–Crippen MR) is 125 cm³/mol. The number of carbonyl (C=O) groups excluding carboxylic acids is 1. The molecule has 0 spiro atoms. The van der Waals surface area contributed by atoms with E-state index in [0.29, 0.717) is 48.9 Å². The van der Waals surface area contributed by atoms with Crippen molar-refractivity contribution in [3.05, 3.63) is 47.5 Å². The zero-order valence-corrected chi connectivity index (χ0v) is 20.4. The summed E-state index contributed by atoms with van der Waals surface area (Å²) in [5.41, 5.74) is 1.72. The van der Waals surface area contributed by atoms with E-state index in [4.69, 9.17) is 0 Å². The fraction of sp³-hybridized carbons (Fsp3) is 0.435. The summed E-state index contributed by atoms with van der Waals surface area (Å²) in [5.74, 6) is 0.340. The van der Waals surface area contributed by atoms with E-state index in [9.17, 15) is 21.6 Å². The van der Waals surface area contributed by atoms with Crippen LogP contribution in [0.4, 0.5) is 0 Å². The Kier molecular flexibility index (Phi) is 7.24. The number of rotatable bonds is 10. The van der Waals surface area contributed by atoms with Crippen LogP contribution in [-0.2, 0) is 20.0 Å². The fourth-order valence-electron chi connectivity index (χ4n) is 3.50. The summed E-state index contributed by atoms with van der Waals surface area (Å²) in [6.45, 7) is 8.66. The highest BCUT2D eigenvalue weighted by Crippen LogP contribution is 2.38. The molecule has 0 fully saturated rings. The van der Waals surface area contributed by atoms with Gasteiger partial charge in [-0.2, -0.15) is 0 Å². The number of carbonyl (C=O) groups is 1.